The van der Waals surface area contributed by atoms with Gasteiger partial charge in [-0.2, -0.15) is 5.26 Å². The Kier molecular flexibility index (Phi) is 3.89. The second-order valence-electron chi connectivity index (χ2n) is 4.99. The third-order valence-electron chi connectivity index (χ3n) is 3.65. The number of nitrogens with one attached hydrogen (secondary N) is 1. The number of rotatable bonds is 2. The highest BCUT2D eigenvalue weighted by Gasteiger charge is 2.30. The quantitative estimate of drug-likeness (QED) is 0.911. The summed E-state index contributed by atoms with van der Waals surface area (Å²) in [6.45, 7) is 0.782. The number of carbonyl (C=O) groups is 1. The topological polar surface area (TPSA) is 56.1 Å². The lowest BCUT2D eigenvalue weighted by molar-refractivity contribution is 0.208. The highest BCUT2D eigenvalue weighted by atomic mass is 32.1. The number of hydrogen-bond acceptors (Lipinski definition) is 3. The van der Waals surface area contributed by atoms with Gasteiger partial charge >= 0.3 is 6.03 Å². The van der Waals surface area contributed by atoms with Crippen LogP contribution in [0.25, 0.3) is 0 Å². The Morgan fingerprint density at radius 1 is 1.33 bits per heavy atom. The normalized spacial score (nSPS) is 17.5. The maximum Gasteiger partial charge on any atom is 0.322 e. The van der Waals surface area contributed by atoms with E-state index < -0.39 is 0 Å². The molecule has 0 aliphatic carbocycles. The van der Waals surface area contributed by atoms with Crippen LogP contribution < -0.4 is 5.32 Å². The van der Waals surface area contributed by atoms with E-state index in [9.17, 15) is 4.79 Å². The van der Waals surface area contributed by atoms with E-state index in [0.29, 0.717) is 5.56 Å². The second kappa shape index (κ2) is 5.98. The van der Waals surface area contributed by atoms with Crippen LogP contribution >= 0.6 is 11.3 Å². The number of nitrogens with zero attached hydrogens (tertiary/aromatic N) is 2. The van der Waals surface area contributed by atoms with Crippen molar-refractivity contribution >= 4 is 23.1 Å². The molecule has 2 amide bonds. The molecule has 1 saturated heterocycles. The molecule has 1 fully saturated rings. The van der Waals surface area contributed by atoms with E-state index in [2.05, 4.69) is 17.5 Å². The van der Waals surface area contributed by atoms with Crippen LogP contribution in [-0.2, 0) is 0 Å². The molecule has 5 heteroatoms. The fourth-order valence-corrected chi connectivity index (χ4v) is 3.48. The lowest BCUT2D eigenvalue weighted by atomic mass is 10.2. The molecule has 106 valence electrons. The highest BCUT2D eigenvalue weighted by Crippen LogP contribution is 2.34. The standard InChI is InChI=1S/C16H15N3OS/c17-11-12-5-7-13(8-6-12)18-16(20)19-9-1-3-14(19)15-4-2-10-21-15/h2,4-8,10,14H,1,3,9H2,(H,18,20). The van der Waals surface area contributed by atoms with Gasteiger partial charge in [0.25, 0.3) is 0 Å². The SMILES string of the molecule is N#Cc1ccc(NC(=O)N2CCCC2c2cccs2)cc1. The molecule has 0 radical (unpaired) electrons. The number of likely N-dealkylation sites (tertiary alicyclic amines) is 1. The van der Waals surface area contributed by atoms with Crippen molar-refractivity contribution in [2.75, 3.05) is 11.9 Å². The first-order valence-electron chi connectivity index (χ1n) is 6.89. The molecular formula is C16H15N3OS. The summed E-state index contributed by atoms with van der Waals surface area (Å²) in [6, 6.07) is 13.2. The maximum atomic E-state index is 12.4. The molecule has 2 heterocycles. The van der Waals surface area contributed by atoms with E-state index in [1.165, 1.54) is 4.88 Å². The van der Waals surface area contributed by atoms with E-state index in [-0.39, 0.29) is 12.1 Å². The Hall–Kier alpha value is -2.32. The minimum Gasteiger partial charge on any atom is -0.317 e. The molecule has 0 bridgehead atoms. The monoisotopic (exact) mass is 297 g/mol. The van der Waals surface area contributed by atoms with Gasteiger partial charge in [0.15, 0.2) is 0 Å². The third kappa shape index (κ3) is 2.91. The molecule has 4 nitrogen and oxygen atoms in total. The van der Waals surface area contributed by atoms with Gasteiger partial charge in [0.1, 0.15) is 0 Å². The van der Waals surface area contributed by atoms with Crippen molar-refractivity contribution < 1.29 is 4.79 Å². The van der Waals surface area contributed by atoms with Crippen LogP contribution in [0.3, 0.4) is 0 Å². The van der Waals surface area contributed by atoms with Crippen molar-refractivity contribution in [1.82, 2.24) is 4.90 Å². The minimum absolute atomic E-state index is 0.0735. The number of anilines is 1. The van der Waals surface area contributed by atoms with Gasteiger partial charge in [-0.15, -0.1) is 11.3 Å². The van der Waals surface area contributed by atoms with Crippen LogP contribution in [0, 0.1) is 11.3 Å². The zero-order valence-corrected chi connectivity index (χ0v) is 12.3. The van der Waals surface area contributed by atoms with Crippen LogP contribution in [0.1, 0.15) is 29.3 Å². The first-order valence-corrected chi connectivity index (χ1v) is 7.77. The van der Waals surface area contributed by atoms with Gasteiger partial charge in [0.2, 0.25) is 0 Å². The third-order valence-corrected chi connectivity index (χ3v) is 4.62. The number of thiophene rings is 1. The average molecular weight is 297 g/mol. The predicted octanol–water partition coefficient (Wildman–Crippen LogP) is 3.99. The predicted molar refractivity (Wildman–Crippen MR) is 83.2 cm³/mol. The van der Waals surface area contributed by atoms with Crippen LogP contribution in [0.15, 0.2) is 41.8 Å². The first-order chi connectivity index (χ1) is 10.3. The number of hydrogen-bond donors (Lipinski definition) is 1. The summed E-state index contributed by atoms with van der Waals surface area (Å²) in [4.78, 5) is 15.6. The van der Waals surface area contributed by atoms with E-state index in [0.717, 1.165) is 25.1 Å². The molecule has 3 rings (SSSR count). The molecule has 1 aliphatic heterocycles. The van der Waals surface area contributed by atoms with E-state index in [4.69, 9.17) is 5.26 Å². The minimum atomic E-state index is -0.0735. The number of amides is 2. The van der Waals surface area contributed by atoms with Crippen LogP contribution in [-0.4, -0.2) is 17.5 Å². The fourth-order valence-electron chi connectivity index (χ4n) is 2.61. The summed E-state index contributed by atoms with van der Waals surface area (Å²) in [5, 5.41) is 13.7. The summed E-state index contributed by atoms with van der Waals surface area (Å²) in [5.41, 5.74) is 1.31. The Labute approximate surface area is 127 Å². The first kappa shape index (κ1) is 13.7. The summed E-state index contributed by atoms with van der Waals surface area (Å²) >= 11 is 1.69. The lowest BCUT2D eigenvalue weighted by Crippen LogP contribution is -2.34. The summed E-state index contributed by atoms with van der Waals surface area (Å²) < 4.78 is 0. The molecule has 1 N–H and O–H groups in total. The van der Waals surface area contributed by atoms with E-state index in [1.807, 2.05) is 16.3 Å². The molecule has 0 spiro atoms. The fraction of sp³-hybridized carbons (Fsp3) is 0.250. The van der Waals surface area contributed by atoms with Crippen molar-refractivity contribution in [1.29, 1.82) is 5.26 Å². The van der Waals surface area contributed by atoms with Crippen LogP contribution in [0.4, 0.5) is 10.5 Å². The molecule has 2 aromatic rings. The number of urea groups is 1. The number of carbonyl (C=O) groups excluding carboxylic acids is 1. The van der Waals surface area contributed by atoms with Gasteiger partial charge < -0.3 is 10.2 Å². The van der Waals surface area contributed by atoms with Gasteiger partial charge in [0.05, 0.1) is 17.7 Å². The Morgan fingerprint density at radius 2 is 2.14 bits per heavy atom. The van der Waals surface area contributed by atoms with Crippen LogP contribution in [0.2, 0.25) is 0 Å². The molecule has 1 atom stereocenters. The Balaban J connectivity index is 1.71. The van der Waals surface area contributed by atoms with Crippen LogP contribution in [0.5, 0.6) is 0 Å². The second-order valence-corrected chi connectivity index (χ2v) is 5.97. The largest absolute Gasteiger partial charge is 0.322 e. The molecule has 0 saturated carbocycles. The average Bonchev–Trinajstić information content (AvgIpc) is 3.18. The van der Waals surface area contributed by atoms with Crippen molar-refractivity contribution in [3.8, 4) is 6.07 Å². The molecule has 1 aromatic carbocycles. The van der Waals surface area contributed by atoms with Gasteiger partial charge in [-0.1, -0.05) is 6.07 Å². The summed E-state index contributed by atoms with van der Waals surface area (Å²) in [7, 11) is 0. The highest BCUT2D eigenvalue weighted by molar-refractivity contribution is 7.10. The van der Waals surface area contributed by atoms with Crippen molar-refractivity contribution in [3.63, 3.8) is 0 Å². The molecule has 21 heavy (non-hydrogen) atoms. The van der Waals surface area contributed by atoms with E-state index in [1.54, 1.807) is 35.6 Å². The lowest BCUT2D eigenvalue weighted by Gasteiger charge is -2.24. The number of benzene rings is 1. The Bertz CT molecular complexity index is 658. The molecular weight excluding hydrogens is 282 g/mol. The van der Waals surface area contributed by atoms with Gasteiger partial charge in [-0.3, -0.25) is 0 Å². The van der Waals surface area contributed by atoms with Crippen molar-refractivity contribution in [2.24, 2.45) is 0 Å². The zero-order valence-electron chi connectivity index (χ0n) is 11.5. The Morgan fingerprint density at radius 3 is 2.81 bits per heavy atom. The van der Waals surface area contributed by atoms with Crippen molar-refractivity contribution in [2.45, 2.75) is 18.9 Å². The summed E-state index contributed by atoms with van der Waals surface area (Å²) in [5.74, 6) is 0. The molecule has 1 unspecified atom stereocenters. The van der Waals surface area contributed by atoms with Gasteiger partial charge in [-0.05, 0) is 48.6 Å². The molecule has 1 aromatic heterocycles. The number of nitriles is 1. The maximum absolute atomic E-state index is 12.4. The summed E-state index contributed by atoms with van der Waals surface area (Å²) in [6.07, 6.45) is 2.05. The smallest absolute Gasteiger partial charge is 0.317 e. The van der Waals surface area contributed by atoms with Gasteiger partial charge in [-0.25, -0.2) is 4.79 Å². The van der Waals surface area contributed by atoms with E-state index >= 15 is 0 Å². The molecule has 1 aliphatic rings. The zero-order chi connectivity index (χ0) is 14.7. The van der Waals surface area contributed by atoms with Crippen molar-refractivity contribution in [3.05, 3.63) is 52.2 Å². The van der Waals surface area contributed by atoms with Gasteiger partial charge in [0, 0.05) is 17.1 Å².